The number of nitrogens with one attached hydrogen (secondary N) is 2. The Balaban J connectivity index is 1.63. The van der Waals surface area contributed by atoms with E-state index in [2.05, 4.69) is 15.6 Å². The van der Waals surface area contributed by atoms with Gasteiger partial charge in [0.15, 0.2) is 0 Å². The fraction of sp³-hybridized carbons (Fsp3) is 0.286. The fourth-order valence-corrected chi connectivity index (χ4v) is 2.39. The summed E-state index contributed by atoms with van der Waals surface area (Å²) in [6.07, 6.45) is 1.75. The Morgan fingerprint density at radius 1 is 1.35 bits per heavy atom. The number of carbonyl (C=O) groups excluding carboxylic acids is 1. The van der Waals surface area contributed by atoms with Crippen molar-refractivity contribution in [1.29, 1.82) is 0 Å². The van der Waals surface area contributed by atoms with E-state index in [4.69, 9.17) is 0 Å². The quantitative estimate of drug-likeness (QED) is 0.758. The van der Waals surface area contributed by atoms with Crippen molar-refractivity contribution < 1.29 is 9.90 Å². The van der Waals surface area contributed by atoms with Gasteiger partial charge in [0.2, 0.25) is 0 Å². The molecule has 0 bridgehead atoms. The van der Waals surface area contributed by atoms with Crippen LogP contribution in [0.1, 0.15) is 17.4 Å². The summed E-state index contributed by atoms with van der Waals surface area (Å²) in [5.74, 6) is 0. The second-order valence-corrected chi connectivity index (χ2v) is 5.06. The summed E-state index contributed by atoms with van der Waals surface area (Å²) in [5.41, 5.74) is 1.76. The first-order chi connectivity index (χ1) is 9.75. The molecule has 2 amide bonds. The maximum absolute atomic E-state index is 11.6. The maximum Gasteiger partial charge on any atom is 0.314 e. The normalized spacial score (nSPS) is 11.8. The van der Waals surface area contributed by atoms with Gasteiger partial charge in [-0.15, -0.1) is 0 Å². The Morgan fingerprint density at radius 2 is 2.25 bits per heavy atom. The van der Waals surface area contributed by atoms with Crippen LogP contribution in [0, 0.1) is 0 Å². The molecule has 2 aromatic rings. The number of carbonyl (C=O) groups is 1. The third kappa shape index (κ3) is 4.64. The van der Waals surface area contributed by atoms with Gasteiger partial charge < -0.3 is 15.7 Å². The highest BCUT2D eigenvalue weighted by atomic mass is 32.1. The molecule has 20 heavy (non-hydrogen) atoms. The van der Waals surface area contributed by atoms with Crippen molar-refractivity contribution in [2.45, 2.75) is 12.5 Å². The molecule has 0 spiro atoms. The summed E-state index contributed by atoms with van der Waals surface area (Å²) in [6, 6.07) is 7.25. The Labute approximate surface area is 121 Å². The molecule has 0 aliphatic heterocycles. The third-order valence-corrected chi connectivity index (χ3v) is 3.48. The van der Waals surface area contributed by atoms with Crippen LogP contribution >= 0.6 is 11.3 Å². The SMILES string of the molecule is O=C(NCCc1ccccn1)NCC(O)c1ccsc1. The lowest BCUT2D eigenvalue weighted by Crippen LogP contribution is -2.38. The number of nitrogens with zero attached hydrogens (tertiary/aromatic N) is 1. The van der Waals surface area contributed by atoms with Crippen molar-refractivity contribution in [3.63, 3.8) is 0 Å². The molecule has 6 heteroatoms. The molecular weight excluding hydrogens is 274 g/mol. The van der Waals surface area contributed by atoms with E-state index in [0.717, 1.165) is 11.3 Å². The number of amides is 2. The highest BCUT2D eigenvalue weighted by molar-refractivity contribution is 7.07. The molecule has 2 heterocycles. The van der Waals surface area contributed by atoms with Crippen LogP contribution < -0.4 is 10.6 Å². The van der Waals surface area contributed by atoms with Crippen LogP contribution in [-0.4, -0.2) is 29.2 Å². The Bertz CT molecular complexity index is 516. The van der Waals surface area contributed by atoms with E-state index in [-0.39, 0.29) is 12.6 Å². The van der Waals surface area contributed by atoms with Gasteiger partial charge in [0.05, 0.1) is 6.10 Å². The van der Waals surface area contributed by atoms with Crippen LogP contribution in [0.25, 0.3) is 0 Å². The van der Waals surface area contributed by atoms with Crippen LogP contribution in [0.2, 0.25) is 0 Å². The number of aliphatic hydroxyl groups excluding tert-OH is 1. The predicted octanol–water partition coefficient (Wildman–Crippen LogP) is 1.72. The molecule has 0 aliphatic rings. The van der Waals surface area contributed by atoms with Crippen molar-refractivity contribution in [2.24, 2.45) is 0 Å². The number of hydrogen-bond donors (Lipinski definition) is 3. The summed E-state index contributed by atoms with van der Waals surface area (Å²) >= 11 is 1.52. The zero-order chi connectivity index (χ0) is 14.2. The third-order valence-electron chi connectivity index (χ3n) is 2.78. The summed E-state index contributed by atoms with van der Waals surface area (Å²) in [6.45, 7) is 0.712. The van der Waals surface area contributed by atoms with E-state index >= 15 is 0 Å². The van der Waals surface area contributed by atoms with Crippen molar-refractivity contribution in [2.75, 3.05) is 13.1 Å². The first-order valence-electron chi connectivity index (χ1n) is 6.37. The van der Waals surface area contributed by atoms with E-state index in [1.54, 1.807) is 6.20 Å². The summed E-state index contributed by atoms with van der Waals surface area (Å²) in [4.78, 5) is 15.7. The topological polar surface area (TPSA) is 74.2 Å². The largest absolute Gasteiger partial charge is 0.387 e. The molecule has 2 rings (SSSR count). The Morgan fingerprint density at radius 3 is 2.95 bits per heavy atom. The molecule has 0 aliphatic carbocycles. The highest BCUT2D eigenvalue weighted by Crippen LogP contribution is 2.14. The number of aromatic nitrogens is 1. The summed E-state index contributed by atoms with van der Waals surface area (Å²) in [5, 5.41) is 19.0. The van der Waals surface area contributed by atoms with Crippen LogP contribution in [0.3, 0.4) is 0 Å². The molecule has 2 aromatic heterocycles. The number of thiophene rings is 1. The lowest BCUT2D eigenvalue weighted by molar-refractivity contribution is 0.173. The zero-order valence-electron chi connectivity index (χ0n) is 11.0. The average Bonchev–Trinajstić information content (AvgIpc) is 3.00. The van der Waals surface area contributed by atoms with E-state index in [1.165, 1.54) is 11.3 Å². The minimum absolute atomic E-state index is 0.201. The molecule has 0 radical (unpaired) electrons. The molecule has 3 N–H and O–H groups in total. The Hall–Kier alpha value is -1.92. The van der Waals surface area contributed by atoms with E-state index in [1.807, 2.05) is 35.0 Å². The van der Waals surface area contributed by atoms with Gasteiger partial charge in [-0.05, 0) is 34.5 Å². The number of aliphatic hydroxyl groups is 1. The minimum atomic E-state index is -0.664. The van der Waals surface area contributed by atoms with Crippen molar-refractivity contribution >= 4 is 17.4 Å². The molecular formula is C14H17N3O2S. The van der Waals surface area contributed by atoms with Crippen LogP contribution in [0.5, 0.6) is 0 Å². The van der Waals surface area contributed by atoms with E-state index < -0.39 is 6.10 Å². The van der Waals surface area contributed by atoms with Gasteiger partial charge in [-0.3, -0.25) is 4.98 Å². The van der Waals surface area contributed by atoms with Gasteiger partial charge in [-0.2, -0.15) is 11.3 Å². The molecule has 106 valence electrons. The highest BCUT2D eigenvalue weighted by Gasteiger charge is 2.09. The lowest BCUT2D eigenvalue weighted by atomic mass is 10.2. The Kier molecular flexibility index (Phi) is 5.52. The van der Waals surface area contributed by atoms with Gasteiger partial charge in [0.25, 0.3) is 0 Å². The van der Waals surface area contributed by atoms with Gasteiger partial charge in [-0.1, -0.05) is 6.07 Å². The van der Waals surface area contributed by atoms with Crippen LogP contribution in [0.4, 0.5) is 4.79 Å². The molecule has 1 unspecified atom stereocenters. The predicted molar refractivity (Wildman–Crippen MR) is 78.6 cm³/mol. The number of pyridine rings is 1. The second-order valence-electron chi connectivity index (χ2n) is 4.28. The lowest BCUT2D eigenvalue weighted by Gasteiger charge is -2.11. The average molecular weight is 291 g/mol. The molecule has 0 fully saturated rings. The second kappa shape index (κ2) is 7.62. The smallest absolute Gasteiger partial charge is 0.314 e. The van der Waals surface area contributed by atoms with Crippen molar-refractivity contribution in [3.05, 3.63) is 52.5 Å². The molecule has 0 saturated heterocycles. The van der Waals surface area contributed by atoms with Crippen molar-refractivity contribution in [3.8, 4) is 0 Å². The number of rotatable bonds is 6. The molecule has 1 atom stereocenters. The van der Waals surface area contributed by atoms with Gasteiger partial charge in [0.1, 0.15) is 0 Å². The molecule has 0 saturated carbocycles. The van der Waals surface area contributed by atoms with Gasteiger partial charge >= 0.3 is 6.03 Å². The van der Waals surface area contributed by atoms with Gasteiger partial charge in [0, 0.05) is 31.4 Å². The monoisotopic (exact) mass is 291 g/mol. The van der Waals surface area contributed by atoms with E-state index in [9.17, 15) is 9.90 Å². The first kappa shape index (κ1) is 14.5. The summed E-state index contributed by atoms with van der Waals surface area (Å²) < 4.78 is 0. The number of hydrogen-bond acceptors (Lipinski definition) is 4. The van der Waals surface area contributed by atoms with E-state index in [0.29, 0.717) is 13.0 Å². The standard InChI is InChI=1S/C14H17N3O2S/c18-13(11-5-8-20-10-11)9-17-14(19)16-7-4-12-3-1-2-6-15-12/h1-3,5-6,8,10,13,18H,4,7,9H2,(H2,16,17,19). The summed E-state index contributed by atoms with van der Waals surface area (Å²) in [7, 11) is 0. The fourth-order valence-electron chi connectivity index (χ4n) is 1.68. The molecule has 0 aromatic carbocycles. The van der Waals surface area contributed by atoms with Crippen LogP contribution in [-0.2, 0) is 6.42 Å². The minimum Gasteiger partial charge on any atom is -0.387 e. The number of urea groups is 1. The maximum atomic E-state index is 11.6. The first-order valence-corrected chi connectivity index (χ1v) is 7.32. The van der Waals surface area contributed by atoms with Crippen LogP contribution in [0.15, 0.2) is 41.2 Å². The van der Waals surface area contributed by atoms with Crippen molar-refractivity contribution in [1.82, 2.24) is 15.6 Å². The van der Waals surface area contributed by atoms with Gasteiger partial charge in [-0.25, -0.2) is 4.79 Å². The molecule has 5 nitrogen and oxygen atoms in total. The zero-order valence-corrected chi connectivity index (χ0v) is 11.8.